The van der Waals surface area contributed by atoms with Gasteiger partial charge >= 0.3 is 12.1 Å². The molecule has 1 saturated heterocycles. The molecule has 0 saturated carbocycles. The van der Waals surface area contributed by atoms with Crippen LogP contribution in [0, 0.1) is 0 Å². The largest absolute Gasteiger partial charge is 0.481 e. The molecule has 1 N–H and O–H groups in total. The van der Waals surface area contributed by atoms with Gasteiger partial charge in [-0.25, -0.2) is 0 Å². The second-order valence-electron chi connectivity index (χ2n) is 5.38. The van der Waals surface area contributed by atoms with Crippen LogP contribution in [0.15, 0.2) is 18.2 Å². The Labute approximate surface area is 121 Å². The summed E-state index contributed by atoms with van der Waals surface area (Å²) >= 11 is 0. The summed E-state index contributed by atoms with van der Waals surface area (Å²) < 4.78 is 39.8. The summed E-state index contributed by atoms with van der Waals surface area (Å²) in [5.41, 5.74) is -0.408. The van der Waals surface area contributed by atoms with Gasteiger partial charge < -0.3 is 10.0 Å². The molecule has 1 aliphatic heterocycles. The van der Waals surface area contributed by atoms with Crippen LogP contribution in [-0.2, 0) is 11.0 Å². The van der Waals surface area contributed by atoms with Crippen LogP contribution in [0.3, 0.4) is 0 Å². The summed E-state index contributed by atoms with van der Waals surface area (Å²) in [5, 5.41) is 8.96. The van der Waals surface area contributed by atoms with Crippen molar-refractivity contribution in [1.29, 1.82) is 0 Å². The van der Waals surface area contributed by atoms with Crippen molar-refractivity contribution in [2.24, 2.45) is 0 Å². The van der Waals surface area contributed by atoms with Gasteiger partial charge in [-0.3, -0.25) is 4.79 Å². The number of benzene rings is 1. The molecule has 116 valence electrons. The molecule has 0 aliphatic carbocycles. The zero-order valence-corrected chi connectivity index (χ0v) is 11.8. The summed E-state index contributed by atoms with van der Waals surface area (Å²) in [6.07, 6.45) is -1.69. The second kappa shape index (κ2) is 5.95. The number of piperidine rings is 1. The number of carboxylic acids is 1. The van der Waals surface area contributed by atoms with Gasteiger partial charge in [-0.2, -0.15) is 13.2 Å². The molecule has 1 aliphatic rings. The molecular weight excluding hydrogens is 283 g/mol. The average Bonchev–Trinajstić information content (AvgIpc) is 2.45. The van der Waals surface area contributed by atoms with E-state index in [-0.39, 0.29) is 11.3 Å². The van der Waals surface area contributed by atoms with Crippen molar-refractivity contribution in [3.8, 4) is 0 Å². The lowest BCUT2D eigenvalue weighted by atomic mass is 9.97. The van der Waals surface area contributed by atoms with Crippen LogP contribution in [0.1, 0.15) is 43.2 Å². The molecule has 6 heteroatoms. The number of carbonyl (C=O) groups is 1. The fraction of sp³-hybridized carbons (Fsp3) is 0.533. The third-order valence-electron chi connectivity index (χ3n) is 3.89. The van der Waals surface area contributed by atoms with E-state index in [0.29, 0.717) is 13.1 Å². The number of halogens is 3. The molecule has 1 unspecified atom stereocenters. The molecule has 0 radical (unpaired) electrons. The first-order chi connectivity index (χ1) is 9.80. The van der Waals surface area contributed by atoms with Gasteiger partial charge in [0.2, 0.25) is 0 Å². The Hall–Kier alpha value is -1.72. The number of hydrogen-bond acceptors (Lipinski definition) is 2. The predicted molar refractivity (Wildman–Crippen MR) is 73.6 cm³/mol. The SMILES string of the molecule is CC(C(=O)O)c1ccc(N2CCCCC2)c(C(F)(F)F)c1. The van der Waals surface area contributed by atoms with Gasteiger partial charge in [-0.15, -0.1) is 0 Å². The zero-order valence-electron chi connectivity index (χ0n) is 11.8. The van der Waals surface area contributed by atoms with Crippen LogP contribution in [0.4, 0.5) is 18.9 Å². The van der Waals surface area contributed by atoms with E-state index < -0.39 is 23.6 Å². The number of aliphatic carboxylic acids is 1. The highest BCUT2D eigenvalue weighted by Crippen LogP contribution is 2.39. The Morgan fingerprint density at radius 2 is 1.86 bits per heavy atom. The Morgan fingerprint density at radius 1 is 1.24 bits per heavy atom. The standard InChI is InChI=1S/C15H18F3NO2/c1-10(14(20)21)11-5-6-13(12(9-11)15(16,17)18)19-7-3-2-4-8-19/h5-6,9-10H,2-4,7-8H2,1H3,(H,20,21). The average molecular weight is 301 g/mol. The molecule has 2 rings (SSSR count). The molecular formula is C15H18F3NO2. The fourth-order valence-corrected chi connectivity index (χ4v) is 2.60. The van der Waals surface area contributed by atoms with Gasteiger partial charge in [-0.05, 0) is 43.9 Å². The summed E-state index contributed by atoms with van der Waals surface area (Å²) in [6, 6.07) is 3.86. The number of alkyl halides is 3. The van der Waals surface area contributed by atoms with Crippen LogP contribution in [0.2, 0.25) is 0 Å². The number of hydrogen-bond donors (Lipinski definition) is 1. The predicted octanol–water partition coefficient (Wildman–Crippen LogP) is 3.88. The van der Waals surface area contributed by atoms with Gasteiger partial charge in [0, 0.05) is 18.8 Å². The Kier molecular flexibility index (Phi) is 4.44. The van der Waals surface area contributed by atoms with E-state index in [0.717, 1.165) is 25.3 Å². The van der Waals surface area contributed by atoms with Gasteiger partial charge in [0.05, 0.1) is 11.5 Å². The summed E-state index contributed by atoms with van der Waals surface area (Å²) in [6.45, 7) is 2.60. The van der Waals surface area contributed by atoms with Crippen molar-refractivity contribution >= 4 is 11.7 Å². The molecule has 0 aromatic heterocycles. The van der Waals surface area contributed by atoms with E-state index in [4.69, 9.17) is 5.11 Å². The smallest absolute Gasteiger partial charge is 0.418 e. The number of carboxylic acid groups (broad SMARTS) is 1. The second-order valence-corrected chi connectivity index (χ2v) is 5.38. The van der Waals surface area contributed by atoms with Crippen LogP contribution >= 0.6 is 0 Å². The quantitative estimate of drug-likeness (QED) is 0.921. The van der Waals surface area contributed by atoms with Crippen LogP contribution in [0.5, 0.6) is 0 Å². The molecule has 21 heavy (non-hydrogen) atoms. The topological polar surface area (TPSA) is 40.5 Å². The highest BCUT2D eigenvalue weighted by Gasteiger charge is 2.36. The van der Waals surface area contributed by atoms with Crippen molar-refractivity contribution in [2.45, 2.75) is 38.3 Å². The fourth-order valence-electron chi connectivity index (χ4n) is 2.60. The normalized spacial score (nSPS) is 17.6. The van der Waals surface area contributed by atoms with Gasteiger partial charge in [-0.1, -0.05) is 6.07 Å². The molecule has 0 spiro atoms. The number of nitrogens with zero attached hydrogens (tertiary/aromatic N) is 1. The lowest BCUT2D eigenvalue weighted by molar-refractivity contribution is -0.139. The van der Waals surface area contributed by atoms with Crippen molar-refractivity contribution in [1.82, 2.24) is 0 Å². The summed E-state index contributed by atoms with van der Waals surface area (Å²) in [7, 11) is 0. The third-order valence-corrected chi connectivity index (χ3v) is 3.89. The van der Waals surface area contributed by atoms with Crippen molar-refractivity contribution in [2.75, 3.05) is 18.0 Å². The first-order valence-corrected chi connectivity index (χ1v) is 6.99. The molecule has 1 heterocycles. The Bertz CT molecular complexity index is 522. The van der Waals surface area contributed by atoms with E-state index in [1.165, 1.54) is 19.1 Å². The minimum absolute atomic E-state index is 0.156. The maximum Gasteiger partial charge on any atom is 0.418 e. The number of rotatable bonds is 3. The van der Waals surface area contributed by atoms with E-state index in [1.807, 2.05) is 0 Å². The lowest BCUT2D eigenvalue weighted by Gasteiger charge is -2.31. The maximum atomic E-state index is 13.3. The van der Waals surface area contributed by atoms with Crippen LogP contribution < -0.4 is 4.90 Å². The first-order valence-electron chi connectivity index (χ1n) is 6.99. The summed E-state index contributed by atoms with van der Waals surface area (Å²) in [4.78, 5) is 12.7. The molecule has 0 bridgehead atoms. The minimum atomic E-state index is -4.49. The van der Waals surface area contributed by atoms with Crippen LogP contribution in [0.25, 0.3) is 0 Å². The number of anilines is 1. The van der Waals surface area contributed by atoms with Gasteiger partial charge in [0.15, 0.2) is 0 Å². The van der Waals surface area contributed by atoms with Crippen molar-refractivity contribution in [3.63, 3.8) is 0 Å². The van der Waals surface area contributed by atoms with Crippen LogP contribution in [-0.4, -0.2) is 24.2 Å². The highest BCUT2D eigenvalue weighted by atomic mass is 19.4. The van der Waals surface area contributed by atoms with E-state index in [1.54, 1.807) is 4.90 Å². The van der Waals surface area contributed by atoms with E-state index in [9.17, 15) is 18.0 Å². The molecule has 1 aromatic carbocycles. The molecule has 3 nitrogen and oxygen atoms in total. The minimum Gasteiger partial charge on any atom is -0.481 e. The van der Waals surface area contributed by atoms with Crippen molar-refractivity contribution < 1.29 is 23.1 Å². The Balaban J connectivity index is 2.43. The van der Waals surface area contributed by atoms with E-state index in [2.05, 4.69) is 0 Å². The molecule has 1 aromatic rings. The van der Waals surface area contributed by atoms with Gasteiger partial charge in [0.25, 0.3) is 0 Å². The lowest BCUT2D eigenvalue weighted by Crippen LogP contribution is -2.31. The van der Waals surface area contributed by atoms with Gasteiger partial charge in [0.1, 0.15) is 0 Å². The zero-order chi connectivity index (χ0) is 15.6. The Morgan fingerprint density at radius 3 is 2.38 bits per heavy atom. The first kappa shape index (κ1) is 15.7. The van der Waals surface area contributed by atoms with E-state index >= 15 is 0 Å². The summed E-state index contributed by atoms with van der Waals surface area (Å²) in [5.74, 6) is -2.09. The molecule has 1 atom stereocenters. The maximum absolute atomic E-state index is 13.3. The highest BCUT2D eigenvalue weighted by molar-refractivity contribution is 5.76. The third kappa shape index (κ3) is 3.49. The monoisotopic (exact) mass is 301 g/mol. The molecule has 0 amide bonds. The molecule has 1 fully saturated rings. The van der Waals surface area contributed by atoms with Crippen molar-refractivity contribution in [3.05, 3.63) is 29.3 Å².